The zero-order valence-corrected chi connectivity index (χ0v) is 41.7. The molecular weight excluding hydrogens is 1160 g/mol. The molecule has 392 valence electrons. The number of hydrogen-bond donors (Lipinski definition) is 3. The predicted octanol–water partition coefficient (Wildman–Crippen LogP) is 14.7. The number of halogens is 17. The Balaban J connectivity index is 0.000000242. The van der Waals surface area contributed by atoms with Crippen molar-refractivity contribution in [2.75, 3.05) is 10.6 Å². The summed E-state index contributed by atoms with van der Waals surface area (Å²) < 4.78 is 183. The molecule has 0 aliphatic rings. The van der Waals surface area contributed by atoms with Gasteiger partial charge < -0.3 is 16.4 Å². The van der Waals surface area contributed by atoms with E-state index < -0.39 is 75.4 Å². The van der Waals surface area contributed by atoms with Gasteiger partial charge in [-0.1, -0.05) is 99.8 Å². The Hall–Kier alpha value is -5.95. The van der Waals surface area contributed by atoms with Crippen LogP contribution in [0.2, 0.25) is 10.0 Å². The summed E-state index contributed by atoms with van der Waals surface area (Å²) >= 11 is 19.9. The molecule has 0 bridgehead atoms. The van der Waals surface area contributed by atoms with Gasteiger partial charge in [0.05, 0.1) is 37.9 Å². The third-order valence-corrected chi connectivity index (χ3v) is 12.1. The second-order valence-corrected chi connectivity index (χ2v) is 18.2. The van der Waals surface area contributed by atoms with E-state index in [-0.39, 0.29) is 50.6 Å². The van der Waals surface area contributed by atoms with E-state index in [1.807, 2.05) is 0 Å². The molecule has 3 aromatic heterocycles. The lowest BCUT2D eigenvalue weighted by atomic mass is 9.80. The van der Waals surface area contributed by atoms with E-state index in [1.165, 1.54) is 36.7 Å². The highest BCUT2D eigenvalue weighted by atomic mass is 79.9. The number of rotatable bonds is 12. The van der Waals surface area contributed by atoms with Gasteiger partial charge in [0.1, 0.15) is 22.7 Å². The van der Waals surface area contributed by atoms with Gasteiger partial charge in [0.25, 0.3) is 0 Å². The number of nitrogens with one attached hydrogen (secondary N) is 2. The average molecular weight is 1190 g/mol. The lowest BCUT2D eigenvalue weighted by molar-refractivity contribution is -0.167. The predicted molar refractivity (Wildman–Crippen MR) is 259 cm³/mol. The van der Waals surface area contributed by atoms with Gasteiger partial charge in [-0.25, -0.2) is 13.8 Å². The number of Topliss-reactive ketones (excluding diaryl/α,β-unsaturated/α-hetero) is 1. The molecule has 7 aromatic rings. The summed E-state index contributed by atoms with van der Waals surface area (Å²) in [6.45, 7) is 0. The number of nitrogens with two attached hydrogens (primary N) is 1. The molecule has 0 saturated carbocycles. The molecule has 0 fully saturated rings. The molecule has 7 rings (SSSR count). The van der Waals surface area contributed by atoms with E-state index in [0.717, 1.165) is 35.2 Å². The highest BCUT2D eigenvalue weighted by Crippen LogP contribution is 2.42. The molecule has 26 heteroatoms. The van der Waals surface area contributed by atoms with Crippen molar-refractivity contribution >= 4 is 78.7 Å². The fourth-order valence-electron chi connectivity index (χ4n) is 7.03. The molecular formula is C48H33BrCl2F14N6OS2. The standard InChI is InChI=1S/C24H15ClF7N3S.C21H16ClF4N3S.C3H2BrF3O/c25-17-6-7-19(33-12-17)22(11-14-4-2-1-3-5-14,35-21-34-20(13-36-21)24(30,31)32)15-8-16(23(27,28)29)10-18(26)9-15;22-16-6-7-18(28-12-16)20(29-19(27)30,11-13-4-2-1-3-5-13)14-8-15(21(24,25)26)10-17(23)9-14;4-1-2(8)3(5,6)7/h1-10,12-13H,11H2,(H,34,35);1-10,12H,11H2,(H3,27,29,30);1H2. The number of anilines is 1. The molecule has 0 aliphatic carbocycles. The number of carbonyl (C=O) groups is 1. The Morgan fingerprint density at radius 3 is 1.36 bits per heavy atom. The Labute approximate surface area is 439 Å². The second kappa shape index (κ2) is 24.2. The van der Waals surface area contributed by atoms with E-state index >= 15 is 0 Å². The van der Waals surface area contributed by atoms with Crippen LogP contribution in [0.3, 0.4) is 0 Å². The van der Waals surface area contributed by atoms with Crippen LogP contribution in [-0.4, -0.2) is 37.4 Å². The number of thiocarbonyl (C=S) groups is 1. The number of carbonyl (C=O) groups excluding carboxylic acids is 1. The number of benzene rings is 4. The highest BCUT2D eigenvalue weighted by Gasteiger charge is 2.43. The van der Waals surface area contributed by atoms with Gasteiger partial charge in [-0.3, -0.25) is 14.8 Å². The van der Waals surface area contributed by atoms with Crippen molar-refractivity contribution in [2.24, 2.45) is 5.73 Å². The maximum atomic E-state index is 14.6. The van der Waals surface area contributed by atoms with Crippen molar-refractivity contribution in [2.45, 2.75) is 48.6 Å². The minimum atomic E-state index is -4.88. The van der Waals surface area contributed by atoms with Gasteiger partial charge in [-0.15, -0.1) is 11.3 Å². The van der Waals surface area contributed by atoms with Gasteiger partial charge >= 0.3 is 24.7 Å². The molecule has 0 amide bonds. The third kappa shape index (κ3) is 15.8. The molecule has 2 unspecified atom stereocenters. The van der Waals surface area contributed by atoms with Gasteiger partial charge in [0.15, 0.2) is 15.9 Å². The fraction of sp³-hybridized carbons (Fsp3) is 0.188. The quantitative estimate of drug-likeness (QED) is 0.0631. The van der Waals surface area contributed by atoms with Crippen LogP contribution in [-0.2, 0) is 47.2 Å². The van der Waals surface area contributed by atoms with Gasteiger partial charge in [0.2, 0.25) is 5.78 Å². The van der Waals surface area contributed by atoms with Gasteiger partial charge in [-0.05, 0) is 95.1 Å². The summed E-state index contributed by atoms with van der Waals surface area (Å²) in [4.78, 5) is 21.8. The molecule has 0 saturated heterocycles. The smallest absolute Gasteiger partial charge is 0.376 e. The Morgan fingerprint density at radius 1 is 0.595 bits per heavy atom. The zero-order chi connectivity index (χ0) is 54.9. The third-order valence-electron chi connectivity index (χ3n) is 10.3. The van der Waals surface area contributed by atoms with Crippen LogP contribution >= 0.6 is 62.7 Å². The number of hydrogen-bond acceptors (Lipinski definition) is 7. The van der Waals surface area contributed by atoms with E-state index in [9.17, 15) is 66.3 Å². The molecule has 4 N–H and O–H groups in total. The maximum Gasteiger partial charge on any atom is 0.450 e. The van der Waals surface area contributed by atoms with Crippen LogP contribution in [0.4, 0.5) is 66.6 Å². The first-order chi connectivity index (χ1) is 34.4. The number of thiazole rings is 1. The SMILES string of the molecule is Fc1cc(C(F)(F)F)cc(C(Cc2ccccc2)(Nc2nc(C(F)(F)F)cs2)c2ccc(Cl)cn2)c1.NC(=S)NC(Cc1ccccc1)(c1cc(F)cc(C(F)(F)F)c1)c1ccc(Cl)cn1.O=C(CBr)C(F)(F)F. The normalized spacial score (nSPS) is 13.5. The van der Waals surface area contributed by atoms with E-state index in [1.54, 1.807) is 60.7 Å². The minimum Gasteiger partial charge on any atom is -0.376 e. The Morgan fingerprint density at radius 2 is 1.01 bits per heavy atom. The average Bonchev–Trinajstić information content (AvgIpc) is 3.80. The monoisotopic (exact) mass is 1190 g/mol. The van der Waals surface area contributed by atoms with E-state index in [2.05, 4.69) is 41.5 Å². The molecule has 7 nitrogen and oxygen atoms in total. The molecule has 0 spiro atoms. The topological polar surface area (TPSA) is 106 Å². The molecule has 74 heavy (non-hydrogen) atoms. The summed E-state index contributed by atoms with van der Waals surface area (Å²) in [5, 5.41) is 5.98. The van der Waals surface area contributed by atoms with Crippen molar-refractivity contribution in [3.05, 3.63) is 211 Å². The summed E-state index contributed by atoms with van der Waals surface area (Å²) in [6.07, 6.45) is -16.5. The Bertz CT molecular complexity index is 3000. The molecule has 2 atom stereocenters. The van der Waals surface area contributed by atoms with Crippen LogP contribution < -0.4 is 16.4 Å². The van der Waals surface area contributed by atoms with Crippen LogP contribution in [0.5, 0.6) is 0 Å². The lowest BCUT2D eigenvalue weighted by Gasteiger charge is -2.36. The van der Waals surface area contributed by atoms with E-state index in [0.29, 0.717) is 34.1 Å². The number of ketones is 1. The molecule has 0 aliphatic heterocycles. The first kappa shape index (κ1) is 58.9. The van der Waals surface area contributed by atoms with Crippen molar-refractivity contribution in [3.8, 4) is 0 Å². The van der Waals surface area contributed by atoms with Crippen molar-refractivity contribution < 1.29 is 66.3 Å². The minimum absolute atomic E-state index is 0.0266. The first-order valence-electron chi connectivity index (χ1n) is 20.6. The van der Waals surface area contributed by atoms with Crippen LogP contribution in [0.15, 0.2) is 139 Å². The number of pyridine rings is 2. The molecule has 0 radical (unpaired) electrons. The van der Waals surface area contributed by atoms with Crippen molar-refractivity contribution in [1.29, 1.82) is 0 Å². The van der Waals surface area contributed by atoms with Crippen molar-refractivity contribution in [3.63, 3.8) is 0 Å². The van der Waals surface area contributed by atoms with Crippen LogP contribution in [0, 0.1) is 11.6 Å². The molecule has 3 heterocycles. The lowest BCUT2D eigenvalue weighted by Crippen LogP contribution is -2.51. The van der Waals surface area contributed by atoms with Crippen LogP contribution in [0.1, 0.15) is 50.5 Å². The highest BCUT2D eigenvalue weighted by molar-refractivity contribution is 9.09. The summed E-state index contributed by atoms with van der Waals surface area (Å²) in [7, 11) is 0. The van der Waals surface area contributed by atoms with Crippen molar-refractivity contribution in [1.82, 2.24) is 20.3 Å². The number of aromatic nitrogens is 3. The fourth-order valence-corrected chi connectivity index (χ4v) is 8.54. The molecule has 4 aromatic carbocycles. The largest absolute Gasteiger partial charge is 0.450 e. The van der Waals surface area contributed by atoms with Gasteiger partial charge in [0, 0.05) is 30.6 Å². The number of nitrogens with zero attached hydrogens (tertiary/aromatic N) is 3. The first-order valence-corrected chi connectivity index (χ1v) is 23.7. The van der Waals surface area contributed by atoms with Crippen LogP contribution in [0.25, 0.3) is 0 Å². The zero-order valence-electron chi connectivity index (χ0n) is 37.0. The van der Waals surface area contributed by atoms with Gasteiger partial charge in [-0.2, -0.15) is 52.7 Å². The number of alkyl halides is 13. The Kier molecular flexibility index (Phi) is 19.2. The second-order valence-electron chi connectivity index (χ2n) is 15.5. The summed E-state index contributed by atoms with van der Waals surface area (Å²) in [5.41, 5.74) is 0.424. The van der Waals surface area contributed by atoms with E-state index in [4.69, 9.17) is 41.2 Å². The summed E-state index contributed by atoms with van der Waals surface area (Å²) in [5.74, 6) is -3.98. The summed E-state index contributed by atoms with van der Waals surface area (Å²) in [6, 6.07) is 27.6. The maximum absolute atomic E-state index is 14.6.